The SMILES string of the molecule is CCP(=O)(CC)Cc1ccc(Nc2ncc(C(F)(F)F)c(NCc3cccnc3N(C)S(C)(=O)=O)n2)cc1.CCl.CN(c1ncccc1CN)S(C)(=O)=O.CN(c1ncccc1CNc1nc(Cl)ncc1C(F)(F)F)S(C)(=O)=O.CNCc1cccnc1N(C)S(C)(=O)=O.FC(F)(F)c1cnc(Cl)nc1Cl.FC(F)(F)c1cncnc1. The Morgan fingerprint density at radius 3 is 1.14 bits per heavy atom. The topological polar surface area (TPSA) is 395 Å². The van der Waals surface area contributed by atoms with Crippen LogP contribution in [-0.2, 0) is 102 Å². The fourth-order valence-corrected chi connectivity index (χ4v) is 12.9. The van der Waals surface area contributed by atoms with Crippen LogP contribution in [0.4, 0.5) is 99.2 Å². The molecular formula is C65H78Cl4F12N21O9PS4. The number of hydrogen-bond acceptors (Lipinski definition) is 26. The summed E-state index contributed by atoms with van der Waals surface area (Å²) in [5.74, 6) is -0.0300. The van der Waals surface area contributed by atoms with Crippen molar-refractivity contribution in [3.63, 3.8) is 0 Å². The molecule has 0 radical (unpaired) electrons. The third-order valence-corrected chi connectivity index (χ3v) is 23.6. The molecule has 8 heterocycles. The minimum atomic E-state index is -4.73. The molecule has 9 rings (SSSR count). The van der Waals surface area contributed by atoms with E-state index in [1.807, 2.05) is 32.0 Å². The molecule has 0 saturated heterocycles. The van der Waals surface area contributed by atoms with Crippen LogP contribution < -0.4 is 44.2 Å². The summed E-state index contributed by atoms with van der Waals surface area (Å²) in [6.45, 7) is 4.34. The molecule has 8 aromatic heterocycles. The molecular weight excluding hydrogens is 1750 g/mol. The first-order chi connectivity index (χ1) is 53.7. The molecule has 638 valence electrons. The van der Waals surface area contributed by atoms with Crippen LogP contribution in [0.25, 0.3) is 0 Å². The number of nitrogens with one attached hydrogen (secondary N) is 4. The summed E-state index contributed by atoms with van der Waals surface area (Å²) in [7, 11) is -8.66. The van der Waals surface area contributed by atoms with Gasteiger partial charge in [0, 0.05) is 151 Å². The van der Waals surface area contributed by atoms with E-state index in [1.54, 1.807) is 55.7 Å². The van der Waals surface area contributed by atoms with Gasteiger partial charge in [-0.1, -0.05) is 61.8 Å². The number of halogens is 16. The van der Waals surface area contributed by atoms with Crippen molar-refractivity contribution < 1.29 is 90.9 Å². The minimum Gasteiger partial charge on any atom is -0.365 e. The Labute approximate surface area is 681 Å². The predicted octanol–water partition coefficient (Wildman–Crippen LogP) is 13.4. The van der Waals surface area contributed by atoms with Gasteiger partial charge in [0.1, 0.15) is 63.1 Å². The zero-order valence-corrected chi connectivity index (χ0v) is 70.4. The van der Waals surface area contributed by atoms with Crippen molar-refractivity contribution in [3.8, 4) is 0 Å². The van der Waals surface area contributed by atoms with Gasteiger partial charge in [-0.3, -0.25) is 17.2 Å². The quantitative estimate of drug-likeness (QED) is 0.0130. The highest BCUT2D eigenvalue weighted by atomic mass is 35.5. The number of sulfonamides is 4. The Morgan fingerprint density at radius 1 is 0.457 bits per heavy atom. The van der Waals surface area contributed by atoms with E-state index in [9.17, 15) is 90.9 Å². The minimum absolute atomic E-state index is 0.0688. The Balaban J connectivity index is 0.000000384. The third-order valence-electron chi connectivity index (χ3n) is 15.0. The summed E-state index contributed by atoms with van der Waals surface area (Å²) in [5, 5.41) is 9.66. The van der Waals surface area contributed by atoms with Crippen molar-refractivity contribution in [2.75, 3.05) is 112 Å². The number of nitrogens with two attached hydrogens (primary N) is 1. The number of aromatic nitrogens is 12. The summed E-state index contributed by atoms with van der Waals surface area (Å²) in [4.78, 5) is 43.6. The molecule has 0 bridgehead atoms. The van der Waals surface area contributed by atoms with E-state index in [-0.39, 0.29) is 47.8 Å². The van der Waals surface area contributed by atoms with Crippen molar-refractivity contribution >= 4 is 140 Å². The Kier molecular flexibility index (Phi) is 38.9. The first-order valence-electron chi connectivity index (χ1n) is 32.5. The van der Waals surface area contributed by atoms with Gasteiger partial charge in [0.25, 0.3) is 0 Å². The molecule has 0 aliphatic rings. The Bertz CT molecular complexity index is 5190. The summed E-state index contributed by atoms with van der Waals surface area (Å²) in [6, 6.07) is 20.4. The Hall–Kier alpha value is -8.99. The normalized spacial score (nSPS) is 11.7. The van der Waals surface area contributed by atoms with Crippen LogP contribution in [0.2, 0.25) is 15.7 Å². The van der Waals surface area contributed by atoms with E-state index in [0.29, 0.717) is 77.6 Å². The molecule has 0 saturated carbocycles. The maximum Gasteiger partial charge on any atom is 0.421 e. The van der Waals surface area contributed by atoms with E-state index >= 15 is 0 Å². The van der Waals surface area contributed by atoms with Crippen molar-refractivity contribution in [2.24, 2.45) is 5.73 Å². The zero-order chi connectivity index (χ0) is 88.2. The Morgan fingerprint density at radius 2 is 0.802 bits per heavy atom. The summed E-state index contributed by atoms with van der Waals surface area (Å²) < 4.78 is 260. The summed E-state index contributed by atoms with van der Waals surface area (Å²) in [5.41, 5.74) is 5.13. The standard InChI is InChI=1S/C24H30F3N6O3PS.C13H13ClF3N5O2S.C9H15N3O2S.C8H13N3O2S.C5HCl2F3N2.C5H3F3N2.CH3Cl/c1-5-37(34,6-2)16-17-9-11-19(12-10-17)31-23-30-15-20(24(25,26)27)21(32-23)29-14-18-8-7-13-28-22(18)33(3)38(4,35)36;1-22(25(2,23)24)11-8(4-3-5-18-11)6-19-10-9(13(15,16)17)7-20-12(14)21-10;1-10-7-8-5-4-6-11-9(8)12(2)15(3,13)14;1-11(14(2,12)13)8-7(6-9)4-3-5-10-8;6-3-2(5(8,9)10)1-11-4(7)12-3;6-5(7,8)4-1-9-3-10-2-4;1-2/h7-13,15H,5-6,14,16H2,1-4H3,(H2,29,30,31,32);3-5,7H,6H2,1-2H3,(H,19,20,21);4-6,10H,7H2,1-3H3;3-5H,6,9H2,1-2H3;1H;1-3H;1H3. The lowest BCUT2D eigenvalue weighted by molar-refractivity contribution is -0.138. The predicted molar refractivity (Wildman–Crippen MR) is 422 cm³/mol. The number of anilines is 8. The maximum absolute atomic E-state index is 13.7. The van der Waals surface area contributed by atoms with Gasteiger partial charge < -0.3 is 31.6 Å². The van der Waals surface area contributed by atoms with Crippen molar-refractivity contribution in [2.45, 2.75) is 70.9 Å². The highest BCUT2D eigenvalue weighted by Crippen LogP contribution is 2.48. The van der Waals surface area contributed by atoms with E-state index < -0.39 is 111 Å². The lowest BCUT2D eigenvalue weighted by atomic mass is 10.2. The van der Waals surface area contributed by atoms with Gasteiger partial charge >= 0.3 is 24.7 Å². The highest BCUT2D eigenvalue weighted by Gasteiger charge is 2.38. The van der Waals surface area contributed by atoms with Crippen LogP contribution in [-0.4, -0.2) is 172 Å². The van der Waals surface area contributed by atoms with Gasteiger partial charge in [0.05, 0.1) is 37.7 Å². The number of nitrogens with zero attached hydrogens (tertiary/aromatic N) is 16. The molecule has 0 aliphatic carbocycles. The monoisotopic (exact) mass is 1820 g/mol. The van der Waals surface area contributed by atoms with Gasteiger partial charge in [-0.15, -0.1) is 11.6 Å². The summed E-state index contributed by atoms with van der Waals surface area (Å²) in [6.07, 6.45) is -0.621. The van der Waals surface area contributed by atoms with Crippen LogP contribution in [0.5, 0.6) is 0 Å². The lowest BCUT2D eigenvalue weighted by Crippen LogP contribution is -2.27. The number of alkyl halides is 13. The number of pyridine rings is 4. The van der Waals surface area contributed by atoms with E-state index in [1.165, 1.54) is 69.6 Å². The molecule has 30 nitrogen and oxygen atoms in total. The van der Waals surface area contributed by atoms with Crippen LogP contribution in [0, 0.1) is 0 Å². The average molecular weight is 1830 g/mol. The molecule has 0 fully saturated rings. The second-order valence-corrected chi connectivity index (χ2v) is 36.1. The van der Waals surface area contributed by atoms with Gasteiger partial charge in [-0.2, -0.15) is 57.7 Å². The molecule has 116 heavy (non-hydrogen) atoms. The molecule has 0 aliphatic heterocycles. The van der Waals surface area contributed by atoms with Gasteiger partial charge in [0.15, 0.2) is 0 Å². The first kappa shape index (κ1) is 101. The first-order valence-corrected chi connectivity index (χ1v) is 44.0. The summed E-state index contributed by atoms with van der Waals surface area (Å²) >= 11 is 20.6. The molecule has 0 amide bonds. The molecule has 0 unspecified atom stereocenters. The molecule has 9 aromatic rings. The van der Waals surface area contributed by atoms with E-state index in [2.05, 4.69) is 92.7 Å². The van der Waals surface area contributed by atoms with Crippen molar-refractivity contribution in [3.05, 3.63) is 201 Å². The van der Waals surface area contributed by atoms with Gasteiger partial charge in [-0.05, 0) is 84.5 Å². The van der Waals surface area contributed by atoms with Crippen molar-refractivity contribution in [1.82, 2.24) is 65.1 Å². The second-order valence-electron chi connectivity index (χ2n) is 23.3. The maximum atomic E-state index is 13.7. The highest BCUT2D eigenvalue weighted by molar-refractivity contribution is 7.92. The van der Waals surface area contributed by atoms with E-state index in [0.717, 1.165) is 67.8 Å². The van der Waals surface area contributed by atoms with Crippen molar-refractivity contribution in [1.29, 1.82) is 0 Å². The van der Waals surface area contributed by atoms with Crippen LogP contribution in [0.3, 0.4) is 0 Å². The largest absolute Gasteiger partial charge is 0.421 e. The molecule has 0 spiro atoms. The average Bonchev–Trinajstić information content (AvgIpc) is 0.817. The van der Waals surface area contributed by atoms with Crippen LogP contribution in [0.1, 0.15) is 63.9 Å². The molecule has 6 N–H and O–H groups in total. The second kappa shape index (κ2) is 44.5. The molecule has 1 aromatic carbocycles. The number of rotatable bonds is 23. The van der Waals surface area contributed by atoms with Gasteiger partial charge in [0.2, 0.25) is 56.6 Å². The van der Waals surface area contributed by atoms with Crippen LogP contribution in [0.15, 0.2) is 135 Å². The fraction of sp³-hybridized carbons (Fsp3) is 0.354. The van der Waals surface area contributed by atoms with Gasteiger partial charge in [-0.25, -0.2) is 88.5 Å². The zero-order valence-electron chi connectivity index (χ0n) is 63.2. The number of benzene rings is 1. The lowest BCUT2D eigenvalue weighted by Gasteiger charge is -2.20. The van der Waals surface area contributed by atoms with Crippen LogP contribution >= 0.6 is 53.5 Å². The van der Waals surface area contributed by atoms with E-state index in [4.69, 9.17) is 40.5 Å². The smallest absolute Gasteiger partial charge is 0.365 e. The molecule has 51 heteroatoms. The number of hydrogen-bond donors (Lipinski definition) is 5. The third kappa shape index (κ3) is 32.8. The fourth-order valence-electron chi connectivity index (χ4n) is 8.67. The molecule has 0 atom stereocenters.